The van der Waals surface area contributed by atoms with E-state index in [-0.39, 0.29) is 0 Å². The van der Waals surface area contributed by atoms with E-state index in [0.717, 1.165) is 17.7 Å². The average molecular weight is 189 g/mol. The zero-order chi connectivity index (χ0) is 10.6. The summed E-state index contributed by atoms with van der Waals surface area (Å²) in [6.45, 7) is 7.63. The van der Waals surface area contributed by atoms with E-state index in [4.69, 9.17) is 5.41 Å². The van der Waals surface area contributed by atoms with E-state index >= 15 is 0 Å². The molecule has 0 unspecified atom stereocenters. The first-order chi connectivity index (χ1) is 6.72. The summed E-state index contributed by atoms with van der Waals surface area (Å²) in [7, 11) is 0. The van der Waals surface area contributed by atoms with Gasteiger partial charge in [0.05, 0.1) is 0 Å². The van der Waals surface area contributed by atoms with Gasteiger partial charge >= 0.3 is 0 Å². The summed E-state index contributed by atoms with van der Waals surface area (Å²) in [6, 6.07) is 1.99. The van der Waals surface area contributed by atoms with Gasteiger partial charge in [0.2, 0.25) is 0 Å². The van der Waals surface area contributed by atoms with Crippen molar-refractivity contribution in [1.82, 2.24) is 4.98 Å². The standard InChI is InChI=1S/C11H15N3/c1-4-9-6-10(7-12)11(13-5-2)14-8(9)3/h5-7,12H,2,4H2,1,3H3,(H,13,14). The summed E-state index contributed by atoms with van der Waals surface area (Å²) in [6.07, 6.45) is 3.81. The normalized spacial score (nSPS) is 9.57. The number of rotatable bonds is 4. The Morgan fingerprint density at radius 3 is 2.86 bits per heavy atom. The number of pyridine rings is 1. The molecule has 0 bridgehead atoms. The van der Waals surface area contributed by atoms with Crippen LogP contribution in [0.3, 0.4) is 0 Å². The molecule has 0 saturated heterocycles. The fraction of sp³-hybridized carbons (Fsp3) is 0.273. The Bertz CT molecular complexity index is 356. The number of nitrogens with zero attached hydrogens (tertiary/aromatic N) is 1. The van der Waals surface area contributed by atoms with Gasteiger partial charge in [-0.15, -0.1) is 0 Å². The first-order valence-electron chi connectivity index (χ1n) is 4.61. The number of aromatic nitrogens is 1. The third kappa shape index (κ3) is 1.99. The van der Waals surface area contributed by atoms with Crippen molar-refractivity contribution in [2.24, 2.45) is 0 Å². The van der Waals surface area contributed by atoms with Crippen molar-refractivity contribution in [3.05, 3.63) is 35.7 Å². The van der Waals surface area contributed by atoms with Crippen molar-refractivity contribution in [1.29, 1.82) is 5.41 Å². The highest BCUT2D eigenvalue weighted by atomic mass is 15.0. The molecule has 14 heavy (non-hydrogen) atoms. The Balaban J connectivity index is 3.23. The van der Waals surface area contributed by atoms with Crippen molar-refractivity contribution >= 4 is 12.0 Å². The van der Waals surface area contributed by atoms with Crippen molar-refractivity contribution in [2.75, 3.05) is 5.32 Å². The van der Waals surface area contributed by atoms with Crippen molar-refractivity contribution in [2.45, 2.75) is 20.3 Å². The fourth-order valence-corrected chi connectivity index (χ4v) is 1.34. The highest BCUT2D eigenvalue weighted by Crippen LogP contribution is 2.16. The summed E-state index contributed by atoms with van der Waals surface area (Å²) in [5.74, 6) is 0.699. The maximum Gasteiger partial charge on any atom is 0.139 e. The molecule has 0 spiro atoms. The van der Waals surface area contributed by atoms with E-state index in [9.17, 15) is 0 Å². The molecule has 0 radical (unpaired) electrons. The average Bonchev–Trinajstić information content (AvgIpc) is 2.19. The van der Waals surface area contributed by atoms with Crippen LogP contribution >= 0.6 is 0 Å². The van der Waals surface area contributed by atoms with Crippen LogP contribution in [0.15, 0.2) is 18.8 Å². The molecule has 3 heteroatoms. The van der Waals surface area contributed by atoms with Crippen LogP contribution in [0.2, 0.25) is 0 Å². The molecule has 74 valence electrons. The molecule has 0 aromatic carbocycles. The van der Waals surface area contributed by atoms with E-state index in [1.54, 1.807) is 6.20 Å². The first-order valence-corrected chi connectivity index (χ1v) is 4.61. The summed E-state index contributed by atoms with van der Waals surface area (Å²) in [4.78, 5) is 4.37. The fourth-order valence-electron chi connectivity index (χ4n) is 1.34. The Kier molecular flexibility index (Phi) is 3.40. The minimum Gasteiger partial charge on any atom is -0.347 e. The summed E-state index contributed by atoms with van der Waals surface area (Å²) >= 11 is 0. The van der Waals surface area contributed by atoms with Crippen LogP contribution in [0.5, 0.6) is 0 Å². The Hall–Kier alpha value is -1.64. The number of anilines is 1. The maximum absolute atomic E-state index is 7.27. The third-order valence-corrected chi connectivity index (χ3v) is 2.12. The molecule has 0 atom stereocenters. The molecule has 0 fully saturated rings. The van der Waals surface area contributed by atoms with Gasteiger partial charge in [0, 0.05) is 17.5 Å². The van der Waals surface area contributed by atoms with E-state index in [0.29, 0.717) is 5.82 Å². The molecule has 1 rings (SSSR count). The zero-order valence-electron chi connectivity index (χ0n) is 8.59. The van der Waals surface area contributed by atoms with Crippen molar-refractivity contribution < 1.29 is 0 Å². The highest BCUT2D eigenvalue weighted by Gasteiger charge is 2.04. The molecule has 2 N–H and O–H groups in total. The van der Waals surface area contributed by atoms with Crippen LogP contribution in [-0.4, -0.2) is 11.2 Å². The lowest BCUT2D eigenvalue weighted by molar-refractivity contribution is 1.05. The molecule has 1 aromatic rings. The van der Waals surface area contributed by atoms with Gasteiger partial charge in [0.25, 0.3) is 0 Å². The van der Waals surface area contributed by atoms with Crippen molar-refractivity contribution in [3.63, 3.8) is 0 Å². The van der Waals surface area contributed by atoms with Crippen molar-refractivity contribution in [3.8, 4) is 0 Å². The molecule has 1 aromatic heterocycles. The van der Waals surface area contributed by atoms with Gasteiger partial charge in [-0.3, -0.25) is 0 Å². The number of nitrogens with one attached hydrogen (secondary N) is 2. The van der Waals surface area contributed by atoms with E-state index < -0.39 is 0 Å². The predicted octanol–water partition coefficient (Wildman–Crippen LogP) is 2.51. The number of hydrogen-bond acceptors (Lipinski definition) is 3. The molecule has 0 saturated carbocycles. The van der Waals surface area contributed by atoms with Crippen LogP contribution in [0.25, 0.3) is 0 Å². The number of hydrogen-bond donors (Lipinski definition) is 2. The zero-order valence-corrected chi connectivity index (χ0v) is 8.59. The first kappa shape index (κ1) is 10.4. The minimum atomic E-state index is 0.699. The quantitative estimate of drug-likeness (QED) is 0.715. The molecule has 3 nitrogen and oxygen atoms in total. The van der Waals surface area contributed by atoms with Gasteiger partial charge in [0.1, 0.15) is 5.82 Å². The predicted molar refractivity (Wildman–Crippen MR) is 60.1 cm³/mol. The SMILES string of the molecule is C=CNc1nc(C)c(CC)cc1C=N. The second kappa shape index (κ2) is 4.56. The molecule has 0 aliphatic heterocycles. The van der Waals surface area contributed by atoms with Gasteiger partial charge in [-0.2, -0.15) is 0 Å². The molecular formula is C11H15N3. The maximum atomic E-state index is 7.27. The van der Waals surface area contributed by atoms with E-state index in [2.05, 4.69) is 23.8 Å². The topological polar surface area (TPSA) is 48.8 Å². The van der Waals surface area contributed by atoms with Gasteiger partial charge in [-0.25, -0.2) is 4.98 Å². The Morgan fingerprint density at radius 2 is 2.36 bits per heavy atom. The van der Waals surface area contributed by atoms with Crippen LogP contribution in [-0.2, 0) is 6.42 Å². The largest absolute Gasteiger partial charge is 0.347 e. The summed E-state index contributed by atoms with van der Waals surface area (Å²) < 4.78 is 0. The van der Waals surface area contributed by atoms with Gasteiger partial charge in [-0.05, 0) is 31.2 Å². The highest BCUT2D eigenvalue weighted by molar-refractivity contribution is 5.84. The number of aryl methyl sites for hydroxylation is 2. The van der Waals surface area contributed by atoms with Crippen LogP contribution < -0.4 is 5.32 Å². The van der Waals surface area contributed by atoms with Crippen LogP contribution in [0.1, 0.15) is 23.7 Å². The lowest BCUT2D eigenvalue weighted by Crippen LogP contribution is -2.01. The lowest BCUT2D eigenvalue weighted by Gasteiger charge is -2.09. The molecule has 0 amide bonds. The summed E-state index contributed by atoms with van der Waals surface area (Å²) in [5.41, 5.74) is 2.98. The van der Waals surface area contributed by atoms with E-state index in [1.165, 1.54) is 11.8 Å². The van der Waals surface area contributed by atoms with E-state index in [1.807, 2.05) is 13.0 Å². The lowest BCUT2D eigenvalue weighted by atomic mass is 10.1. The van der Waals surface area contributed by atoms with Gasteiger partial charge in [-0.1, -0.05) is 13.5 Å². The molecule has 1 heterocycles. The molecule has 0 aliphatic carbocycles. The Labute approximate surface area is 84.4 Å². The Morgan fingerprint density at radius 1 is 1.64 bits per heavy atom. The summed E-state index contributed by atoms with van der Waals surface area (Å²) in [5, 5.41) is 10.2. The third-order valence-electron chi connectivity index (χ3n) is 2.12. The second-order valence-electron chi connectivity index (χ2n) is 3.02. The monoisotopic (exact) mass is 189 g/mol. The van der Waals surface area contributed by atoms with Gasteiger partial charge in [0.15, 0.2) is 0 Å². The minimum absolute atomic E-state index is 0.699. The van der Waals surface area contributed by atoms with Crippen LogP contribution in [0.4, 0.5) is 5.82 Å². The second-order valence-corrected chi connectivity index (χ2v) is 3.02. The molecular weight excluding hydrogens is 174 g/mol. The molecule has 0 aliphatic rings. The smallest absolute Gasteiger partial charge is 0.139 e. The van der Waals surface area contributed by atoms with Crippen LogP contribution in [0, 0.1) is 12.3 Å². The van der Waals surface area contributed by atoms with Gasteiger partial charge < -0.3 is 10.7 Å².